The van der Waals surface area contributed by atoms with Crippen molar-refractivity contribution in [1.29, 1.82) is 5.26 Å². The van der Waals surface area contributed by atoms with Gasteiger partial charge in [0.05, 0.1) is 17.7 Å². The fourth-order valence-corrected chi connectivity index (χ4v) is 1.93. The summed E-state index contributed by atoms with van der Waals surface area (Å²) in [6.07, 6.45) is 0.434. The Bertz CT molecular complexity index is 639. The number of nitriles is 1. The predicted molar refractivity (Wildman–Crippen MR) is 77.5 cm³/mol. The molecule has 0 saturated carbocycles. The van der Waals surface area contributed by atoms with E-state index in [2.05, 4.69) is 6.07 Å². The minimum atomic E-state index is -0.657. The summed E-state index contributed by atoms with van der Waals surface area (Å²) in [5.41, 5.74) is 14.5. The molecule has 2 rings (SSSR count). The van der Waals surface area contributed by atoms with Crippen LogP contribution in [-0.2, 0) is 11.2 Å². The summed E-state index contributed by atoms with van der Waals surface area (Å²) in [6, 6.07) is 16.6. The number of hydrogen-bond donors (Lipinski definition) is 2. The molecule has 0 aliphatic rings. The van der Waals surface area contributed by atoms with Crippen LogP contribution in [-0.4, -0.2) is 11.9 Å². The minimum absolute atomic E-state index is 0.434. The lowest BCUT2D eigenvalue weighted by atomic mass is 10.00. The number of carbonyl (C=O) groups is 1. The molecule has 0 fully saturated rings. The van der Waals surface area contributed by atoms with Crippen LogP contribution < -0.4 is 11.5 Å². The largest absolute Gasteiger partial charge is 0.368 e. The molecule has 0 saturated heterocycles. The van der Waals surface area contributed by atoms with Crippen LogP contribution in [0, 0.1) is 11.3 Å². The topological polar surface area (TPSA) is 92.9 Å². The highest BCUT2D eigenvalue weighted by Crippen LogP contribution is 2.20. The number of benzene rings is 2. The van der Waals surface area contributed by atoms with Crippen LogP contribution in [0.15, 0.2) is 48.5 Å². The van der Waals surface area contributed by atoms with E-state index in [0.717, 1.165) is 16.7 Å². The van der Waals surface area contributed by atoms with Gasteiger partial charge < -0.3 is 11.5 Å². The number of nitrogens with two attached hydrogens (primary N) is 2. The minimum Gasteiger partial charge on any atom is -0.368 e. The van der Waals surface area contributed by atoms with Gasteiger partial charge in [0.1, 0.15) is 0 Å². The highest BCUT2D eigenvalue weighted by atomic mass is 16.1. The summed E-state index contributed by atoms with van der Waals surface area (Å²) in [5, 5.41) is 8.76. The van der Waals surface area contributed by atoms with E-state index in [1.807, 2.05) is 36.4 Å². The first-order valence-corrected chi connectivity index (χ1v) is 6.24. The van der Waals surface area contributed by atoms with Crippen molar-refractivity contribution >= 4 is 5.91 Å². The van der Waals surface area contributed by atoms with Gasteiger partial charge in [-0.2, -0.15) is 5.26 Å². The van der Waals surface area contributed by atoms with E-state index >= 15 is 0 Å². The van der Waals surface area contributed by atoms with Crippen molar-refractivity contribution in [3.63, 3.8) is 0 Å². The Hall–Kier alpha value is -2.64. The Morgan fingerprint density at radius 3 is 2.00 bits per heavy atom. The molecule has 0 aliphatic heterocycles. The number of primary amides is 1. The normalized spacial score (nSPS) is 11.6. The third-order valence-electron chi connectivity index (χ3n) is 3.12. The van der Waals surface area contributed by atoms with Crippen molar-refractivity contribution in [2.75, 3.05) is 0 Å². The highest BCUT2D eigenvalue weighted by Gasteiger charge is 2.09. The van der Waals surface area contributed by atoms with Crippen molar-refractivity contribution in [3.8, 4) is 17.2 Å². The number of hydrogen-bond acceptors (Lipinski definition) is 3. The summed E-state index contributed by atoms with van der Waals surface area (Å²) in [7, 11) is 0. The van der Waals surface area contributed by atoms with Crippen molar-refractivity contribution < 1.29 is 4.79 Å². The predicted octanol–water partition coefficient (Wildman–Crippen LogP) is 1.58. The Balaban J connectivity index is 2.15. The Morgan fingerprint density at radius 1 is 1.05 bits per heavy atom. The third-order valence-corrected chi connectivity index (χ3v) is 3.12. The van der Waals surface area contributed by atoms with Gasteiger partial charge in [0, 0.05) is 0 Å². The molecular formula is C16H15N3O. The van der Waals surface area contributed by atoms with Crippen LogP contribution in [0.5, 0.6) is 0 Å². The molecule has 20 heavy (non-hydrogen) atoms. The van der Waals surface area contributed by atoms with E-state index in [1.165, 1.54) is 0 Å². The van der Waals surface area contributed by atoms with Crippen LogP contribution in [0.1, 0.15) is 11.1 Å². The molecule has 0 aromatic heterocycles. The molecule has 0 aliphatic carbocycles. The molecule has 2 aromatic rings. The Kier molecular flexibility index (Phi) is 4.14. The van der Waals surface area contributed by atoms with Gasteiger partial charge in [-0.25, -0.2) is 0 Å². The van der Waals surface area contributed by atoms with Crippen molar-refractivity contribution in [1.82, 2.24) is 0 Å². The van der Waals surface area contributed by atoms with E-state index < -0.39 is 11.9 Å². The molecule has 4 N–H and O–H groups in total. The van der Waals surface area contributed by atoms with Crippen LogP contribution >= 0.6 is 0 Å². The summed E-state index contributed by atoms with van der Waals surface area (Å²) < 4.78 is 0. The lowest BCUT2D eigenvalue weighted by Crippen LogP contribution is -2.38. The quantitative estimate of drug-likeness (QED) is 0.878. The zero-order chi connectivity index (χ0) is 14.5. The van der Waals surface area contributed by atoms with Crippen molar-refractivity contribution in [2.24, 2.45) is 11.5 Å². The maximum atomic E-state index is 10.9. The molecule has 0 spiro atoms. The maximum Gasteiger partial charge on any atom is 0.234 e. The summed E-state index contributed by atoms with van der Waals surface area (Å²) in [4.78, 5) is 10.9. The third kappa shape index (κ3) is 3.22. The SMILES string of the molecule is N#Cc1ccc(-c2ccc(CC(N)C(N)=O)cc2)cc1. The lowest BCUT2D eigenvalue weighted by Gasteiger charge is -2.08. The fraction of sp³-hybridized carbons (Fsp3) is 0.125. The molecule has 4 heteroatoms. The first-order chi connectivity index (χ1) is 9.60. The second-order valence-corrected chi connectivity index (χ2v) is 4.60. The van der Waals surface area contributed by atoms with Crippen LogP contribution in [0.25, 0.3) is 11.1 Å². The molecule has 1 unspecified atom stereocenters. The van der Waals surface area contributed by atoms with Gasteiger partial charge in [-0.15, -0.1) is 0 Å². The Labute approximate surface area is 117 Å². The van der Waals surface area contributed by atoms with Crippen LogP contribution in [0.4, 0.5) is 0 Å². The first-order valence-electron chi connectivity index (χ1n) is 6.24. The zero-order valence-corrected chi connectivity index (χ0v) is 10.9. The van der Waals surface area contributed by atoms with E-state index in [4.69, 9.17) is 16.7 Å². The standard InChI is InChI=1S/C16H15N3O/c17-10-12-3-7-14(8-4-12)13-5-1-11(2-6-13)9-15(18)16(19)20/h1-8,15H,9,18H2,(H2,19,20). The van der Waals surface area contributed by atoms with Gasteiger partial charge in [0.15, 0.2) is 0 Å². The van der Waals surface area contributed by atoms with Crippen molar-refractivity contribution in [2.45, 2.75) is 12.5 Å². The van der Waals surface area contributed by atoms with Gasteiger partial charge >= 0.3 is 0 Å². The molecule has 1 atom stereocenters. The summed E-state index contributed by atoms with van der Waals surface area (Å²) >= 11 is 0. The molecule has 0 bridgehead atoms. The molecule has 2 aromatic carbocycles. The van der Waals surface area contributed by atoms with E-state index in [9.17, 15) is 4.79 Å². The monoisotopic (exact) mass is 265 g/mol. The molecule has 0 heterocycles. The Morgan fingerprint density at radius 2 is 1.55 bits per heavy atom. The number of nitrogens with zero attached hydrogens (tertiary/aromatic N) is 1. The fourth-order valence-electron chi connectivity index (χ4n) is 1.93. The van der Waals surface area contributed by atoms with E-state index in [-0.39, 0.29) is 0 Å². The van der Waals surface area contributed by atoms with E-state index in [0.29, 0.717) is 12.0 Å². The maximum absolute atomic E-state index is 10.9. The molecule has 1 amide bonds. The smallest absolute Gasteiger partial charge is 0.234 e. The lowest BCUT2D eigenvalue weighted by molar-refractivity contribution is -0.119. The first kappa shape index (κ1) is 13.8. The second kappa shape index (κ2) is 6.00. The number of amides is 1. The average molecular weight is 265 g/mol. The van der Waals surface area contributed by atoms with Gasteiger partial charge in [-0.1, -0.05) is 36.4 Å². The van der Waals surface area contributed by atoms with Gasteiger partial charge in [-0.3, -0.25) is 4.79 Å². The summed E-state index contributed by atoms with van der Waals surface area (Å²) in [6.45, 7) is 0. The molecular weight excluding hydrogens is 250 g/mol. The highest BCUT2D eigenvalue weighted by molar-refractivity contribution is 5.79. The zero-order valence-electron chi connectivity index (χ0n) is 10.9. The van der Waals surface area contributed by atoms with Crippen LogP contribution in [0.3, 0.4) is 0 Å². The molecule has 0 radical (unpaired) electrons. The van der Waals surface area contributed by atoms with Gasteiger partial charge in [-0.05, 0) is 35.2 Å². The number of rotatable bonds is 4. The van der Waals surface area contributed by atoms with E-state index in [1.54, 1.807) is 12.1 Å². The second-order valence-electron chi connectivity index (χ2n) is 4.60. The number of carbonyl (C=O) groups excluding carboxylic acids is 1. The van der Waals surface area contributed by atoms with Crippen molar-refractivity contribution in [3.05, 3.63) is 59.7 Å². The molecule has 4 nitrogen and oxygen atoms in total. The van der Waals surface area contributed by atoms with Crippen LogP contribution in [0.2, 0.25) is 0 Å². The van der Waals surface area contributed by atoms with Gasteiger partial charge in [0.25, 0.3) is 0 Å². The summed E-state index contributed by atoms with van der Waals surface area (Å²) in [5.74, 6) is -0.499. The van der Waals surface area contributed by atoms with Gasteiger partial charge in [0.2, 0.25) is 5.91 Å². The average Bonchev–Trinajstić information content (AvgIpc) is 2.48. The molecule has 100 valence electrons.